The van der Waals surface area contributed by atoms with E-state index in [1.807, 2.05) is 4.98 Å². The van der Waals surface area contributed by atoms with Gasteiger partial charge in [-0.2, -0.15) is 13.2 Å². The molecule has 106 valence electrons. The summed E-state index contributed by atoms with van der Waals surface area (Å²) in [7, 11) is 0. The quantitative estimate of drug-likeness (QED) is 0.760. The molecule has 1 N–H and O–H groups in total. The number of rotatable bonds is 0. The molecule has 0 fully saturated rings. The molecule has 0 amide bonds. The lowest BCUT2D eigenvalue weighted by Crippen LogP contribution is -2.25. The highest BCUT2D eigenvalue weighted by molar-refractivity contribution is 5.83. The van der Waals surface area contributed by atoms with Crippen molar-refractivity contribution in [1.29, 1.82) is 0 Å². The van der Waals surface area contributed by atoms with Crippen molar-refractivity contribution >= 4 is 10.9 Å². The number of benzene rings is 1. The topological polar surface area (TPSA) is 51.3 Å². The number of H-pyrrole nitrogens is 1. The monoisotopic (exact) mass is 293 g/mol. The lowest BCUT2D eigenvalue weighted by molar-refractivity contribution is -0.286. The van der Waals surface area contributed by atoms with Crippen molar-refractivity contribution in [3.05, 3.63) is 34.1 Å². The van der Waals surface area contributed by atoms with Gasteiger partial charge in [0, 0.05) is 17.5 Å². The molecule has 1 aliphatic heterocycles. The van der Waals surface area contributed by atoms with Crippen LogP contribution in [-0.2, 0) is 6.18 Å². The van der Waals surface area contributed by atoms with Crippen molar-refractivity contribution in [2.75, 3.05) is 0 Å². The van der Waals surface area contributed by atoms with E-state index >= 15 is 0 Å². The van der Waals surface area contributed by atoms with Crippen molar-refractivity contribution < 1.29 is 31.4 Å². The summed E-state index contributed by atoms with van der Waals surface area (Å²) in [5.41, 5.74) is -2.52. The molecule has 2 heterocycles. The van der Waals surface area contributed by atoms with Crippen molar-refractivity contribution in [3.8, 4) is 11.5 Å². The normalized spacial score (nSPS) is 16.6. The van der Waals surface area contributed by atoms with Crippen LogP contribution in [0.5, 0.6) is 11.5 Å². The number of ether oxygens (including phenoxy) is 2. The molecular weight excluding hydrogens is 289 g/mol. The summed E-state index contributed by atoms with van der Waals surface area (Å²) in [6, 6.07) is 2.12. The van der Waals surface area contributed by atoms with Crippen LogP contribution in [0.2, 0.25) is 0 Å². The highest BCUT2D eigenvalue weighted by atomic mass is 19.4. The summed E-state index contributed by atoms with van der Waals surface area (Å²) in [6.07, 6.45) is -8.66. The number of aromatic nitrogens is 1. The van der Waals surface area contributed by atoms with E-state index in [1.54, 1.807) is 0 Å². The third-order valence-corrected chi connectivity index (χ3v) is 2.66. The van der Waals surface area contributed by atoms with Crippen LogP contribution in [0.3, 0.4) is 0 Å². The minimum Gasteiger partial charge on any atom is -0.395 e. The van der Waals surface area contributed by atoms with Crippen LogP contribution in [0.25, 0.3) is 10.9 Å². The van der Waals surface area contributed by atoms with Crippen LogP contribution in [0, 0.1) is 0 Å². The maximum atomic E-state index is 12.8. The standard InChI is InChI=1S/C11H4F5NO3/c12-10(13,14)9-3-6(18)4-1-7-8(2-5(4)17-9)20-11(15,16)19-7/h1-3H,(H,17,18). The Morgan fingerprint density at radius 2 is 1.65 bits per heavy atom. The first kappa shape index (κ1) is 12.7. The molecule has 20 heavy (non-hydrogen) atoms. The molecular formula is C11H4F5NO3. The van der Waals surface area contributed by atoms with Gasteiger partial charge in [0.1, 0.15) is 5.69 Å². The van der Waals surface area contributed by atoms with Crippen LogP contribution in [0.15, 0.2) is 23.0 Å². The summed E-state index contributed by atoms with van der Waals surface area (Å²) in [5.74, 6) is -0.856. The Labute approximate surface area is 106 Å². The van der Waals surface area contributed by atoms with Gasteiger partial charge in [-0.05, 0) is 6.07 Å². The van der Waals surface area contributed by atoms with E-state index in [4.69, 9.17) is 0 Å². The third-order valence-electron chi connectivity index (χ3n) is 2.66. The molecule has 2 aromatic rings. The number of nitrogens with one attached hydrogen (secondary N) is 1. The number of hydrogen-bond acceptors (Lipinski definition) is 3. The number of alkyl halides is 5. The van der Waals surface area contributed by atoms with Gasteiger partial charge in [0.25, 0.3) is 0 Å². The first-order valence-corrected chi connectivity index (χ1v) is 5.20. The van der Waals surface area contributed by atoms with Gasteiger partial charge in [-0.15, -0.1) is 8.78 Å². The second-order valence-corrected chi connectivity index (χ2v) is 4.06. The van der Waals surface area contributed by atoms with Crippen LogP contribution >= 0.6 is 0 Å². The van der Waals surface area contributed by atoms with Gasteiger partial charge < -0.3 is 14.5 Å². The number of pyridine rings is 1. The smallest absolute Gasteiger partial charge is 0.395 e. The molecule has 0 radical (unpaired) electrons. The predicted molar refractivity (Wildman–Crippen MR) is 55.8 cm³/mol. The van der Waals surface area contributed by atoms with Gasteiger partial charge in [-0.3, -0.25) is 4.79 Å². The van der Waals surface area contributed by atoms with Crippen LogP contribution in [0.1, 0.15) is 5.69 Å². The van der Waals surface area contributed by atoms with E-state index in [-0.39, 0.29) is 10.9 Å². The molecule has 1 aliphatic rings. The molecule has 4 nitrogen and oxygen atoms in total. The lowest BCUT2D eigenvalue weighted by atomic mass is 10.1. The SMILES string of the molecule is O=c1cc(C(F)(F)F)[nH]c2cc3c(cc12)OC(F)(F)O3. The van der Waals surface area contributed by atoms with Gasteiger partial charge >= 0.3 is 12.5 Å². The first-order valence-electron chi connectivity index (χ1n) is 5.20. The Kier molecular flexibility index (Phi) is 2.30. The maximum Gasteiger partial charge on any atom is 0.586 e. The van der Waals surface area contributed by atoms with E-state index in [2.05, 4.69) is 9.47 Å². The maximum absolute atomic E-state index is 12.8. The van der Waals surface area contributed by atoms with Crippen LogP contribution < -0.4 is 14.9 Å². The first-order chi connectivity index (χ1) is 9.16. The Morgan fingerprint density at radius 3 is 2.25 bits per heavy atom. The fourth-order valence-electron chi connectivity index (χ4n) is 1.85. The fourth-order valence-corrected chi connectivity index (χ4v) is 1.85. The van der Waals surface area contributed by atoms with E-state index in [0.717, 1.165) is 12.1 Å². The molecule has 0 bridgehead atoms. The van der Waals surface area contributed by atoms with Gasteiger partial charge in [-0.25, -0.2) is 0 Å². The Balaban J connectivity index is 2.25. The van der Waals surface area contributed by atoms with E-state index < -0.39 is 35.1 Å². The summed E-state index contributed by atoms with van der Waals surface area (Å²) >= 11 is 0. The molecule has 3 rings (SSSR count). The van der Waals surface area contributed by atoms with Crippen LogP contribution in [-0.4, -0.2) is 11.3 Å². The third kappa shape index (κ3) is 1.95. The predicted octanol–water partition coefficient (Wildman–Crippen LogP) is 2.87. The molecule has 0 saturated carbocycles. The lowest BCUT2D eigenvalue weighted by Gasteiger charge is -2.08. The molecule has 0 unspecified atom stereocenters. The van der Waals surface area contributed by atoms with Gasteiger partial charge in [0.2, 0.25) is 0 Å². The van der Waals surface area contributed by atoms with Crippen molar-refractivity contribution in [3.63, 3.8) is 0 Å². The number of aromatic amines is 1. The van der Waals surface area contributed by atoms with Crippen molar-refractivity contribution in [1.82, 2.24) is 4.98 Å². The molecule has 0 atom stereocenters. The molecule has 0 saturated heterocycles. The van der Waals surface area contributed by atoms with Gasteiger partial charge in [0.15, 0.2) is 16.9 Å². The summed E-state index contributed by atoms with van der Waals surface area (Å²) in [5, 5.41) is -0.210. The van der Waals surface area contributed by atoms with Crippen molar-refractivity contribution in [2.45, 2.75) is 12.5 Å². The van der Waals surface area contributed by atoms with E-state index in [1.165, 1.54) is 0 Å². The van der Waals surface area contributed by atoms with Gasteiger partial charge in [0.05, 0.1) is 5.52 Å². The summed E-state index contributed by atoms with van der Waals surface area (Å²) < 4.78 is 71.6. The zero-order valence-electron chi connectivity index (χ0n) is 9.35. The Bertz CT molecular complexity index is 765. The molecule has 1 aromatic heterocycles. The number of fused-ring (bicyclic) bond motifs is 2. The average Bonchev–Trinajstić information content (AvgIpc) is 2.58. The second-order valence-electron chi connectivity index (χ2n) is 4.06. The zero-order valence-corrected chi connectivity index (χ0v) is 9.35. The van der Waals surface area contributed by atoms with Crippen molar-refractivity contribution in [2.24, 2.45) is 0 Å². The Morgan fingerprint density at radius 1 is 1.05 bits per heavy atom. The molecule has 0 spiro atoms. The molecule has 0 aliphatic carbocycles. The molecule has 9 heteroatoms. The van der Waals surface area contributed by atoms with E-state index in [0.29, 0.717) is 6.07 Å². The fraction of sp³-hybridized carbons (Fsp3) is 0.182. The number of hydrogen-bond donors (Lipinski definition) is 1. The highest BCUT2D eigenvalue weighted by Crippen LogP contribution is 2.42. The molecule has 1 aromatic carbocycles. The Hall–Kier alpha value is -2.32. The number of halogens is 5. The minimum absolute atomic E-state index is 0.210. The summed E-state index contributed by atoms with van der Waals surface area (Å²) in [4.78, 5) is 13.6. The largest absolute Gasteiger partial charge is 0.586 e. The minimum atomic E-state index is -4.76. The average molecular weight is 293 g/mol. The highest BCUT2D eigenvalue weighted by Gasteiger charge is 2.44. The second kappa shape index (κ2) is 3.62. The summed E-state index contributed by atoms with van der Waals surface area (Å²) in [6.45, 7) is 0. The van der Waals surface area contributed by atoms with Crippen LogP contribution in [0.4, 0.5) is 22.0 Å². The van der Waals surface area contributed by atoms with E-state index in [9.17, 15) is 26.7 Å². The van der Waals surface area contributed by atoms with Gasteiger partial charge in [-0.1, -0.05) is 0 Å². The zero-order chi connectivity index (χ0) is 14.7.